The van der Waals surface area contributed by atoms with Gasteiger partial charge in [-0.1, -0.05) is 0 Å². The fourth-order valence-electron chi connectivity index (χ4n) is 4.96. The van der Waals surface area contributed by atoms with Crippen molar-refractivity contribution in [3.8, 4) is 28.4 Å². The average Bonchev–Trinajstić information content (AvgIpc) is 3.51. The summed E-state index contributed by atoms with van der Waals surface area (Å²) in [4.78, 5) is 17.1. The summed E-state index contributed by atoms with van der Waals surface area (Å²) in [6.07, 6.45) is 3.07. The molecule has 0 bridgehead atoms. The number of carbonyl (C=O) groups excluding carboxylic acids is 1. The quantitative estimate of drug-likeness (QED) is 0.413. The molecule has 0 aromatic carbocycles. The minimum absolute atomic E-state index is 0.103. The van der Waals surface area contributed by atoms with Gasteiger partial charge in [0.1, 0.15) is 6.10 Å². The van der Waals surface area contributed by atoms with E-state index in [9.17, 15) is 4.79 Å². The van der Waals surface area contributed by atoms with Crippen molar-refractivity contribution in [1.82, 2.24) is 19.6 Å². The maximum Gasteiger partial charge on any atom is 0.237 e. The van der Waals surface area contributed by atoms with Crippen molar-refractivity contribution < 1.29 is 9.53 Å². The van der Waals surface area contributed by atoms with Crippen LogP contribution in [0.3, 0.4) is 0 Å². The number of fused-ring (bicyclic) bond motifs is 6. The van der Waals surface area contributed by atoms with Gasteiger partial charge in [0.05, 0.1) is 33.0 Å². The lowest BCUT2D eigenvalue weighted by Gasteiger charge is -2.16. The molecule has 6 heterocycles. The fourth-order valence-corrected chi connectivity index (χ4v) is 7.03. The molecule has 4 aromatic rings. The van der Waals surface area contributed by atoms with Crippen molar-refractivity contribution in [3.63, 3.8) is 0 Å². The number of hydrogen-bond donors (Lipinski definition) is 1. The summed E-state index contributed by atoms with van der Waals surface area (Å²) in [5, 5.41) is 12.7. The van der Waals surface area contributed by atoms with Crippen LogP contribution in [0.15, 0.2) is 18.3 Å². The Morgan fingerprint density at radius 2 is 1.85 bits per heavy atom. The summed E-state index contributed by atoms with van der Waals surface area (Å²) in [5.41, 5.74) is 6.34. The van der Waals surface area contributed by atoms with Crippen molar-refractivity contribution >= 4 is 34.1 Å². The number of nitrogens with zero attached hydrogens (tertiary/aromatic N) is 4. The molecule has 0 amide bonds. The molecule has 6 rings (SSSR count). The van der Waals surface area contributed by atoms with E-state index in [-0.39, 0.29) is 11.9 Å². The SMILES string of the molecule is CNc1cnn2c1-c1cc(C)sc1C(Oc1nn3c(c1C)-c1cc(C)sc1C(=O)CC3)CC2. The van der Waals surface area contributed by atoms with Gasteiger partial charge in [-0.25, -0.2) is 0 Å². The van der Waals surface area contributed by atoms with Crippen molar-refractivity contribution in [2.75, 3.05) is 12.4 Å². The minimum Gasteiger partial charge on any atom is -0.467 e. The molecule has 9 heteroatoms. The smallest absolute Gasteiger partial charge is 0.237 e. The molecular weight excluding hydrogens is 454 g/mol. The van der Waals surface area contributed by atoms with Gasteiger partial charge in [0.25, 0.3) is 0 Å². The Balaban J connectivity index is 1.42. The second-order valence-corrected chi connectivity index (χ2v) is 11.2. The second-order valence-electron chi connectivity index (χ2n) is 8.69. The molecule has 1 atom stereocenters. The van der Waals surface area contributed by atoms with Crippen LogP contribution in [0, 0.1) is 20.8 Å². The Kier molecular flexibility index (Phi) is 4.74. The molecule has 0 saturated carbocycles. The highest BCUT2D eigenvalue weighted by molar-refractivity contribution is 7.14. The number of thiophene rings is 2. The molecule has 0 saturated heterocycles. The molecule has 4 aromatic heterocycles. The van der Waals surface area contributed by atoms with Crippen molar-refractivity contribution in [1.29, 1.82) is 0 Å². The fraction of sp³-hybridized carbons (Fsp3) is 0.375. The first-order valence-corrected chi connectivity index (χ1v) is 12.8. The molecule has 33 heavy (non-hydrogen) atoms. The predicted molar refractivity (Wildman–Crippen MR) is 132 cm³/mol. The standard InChI is InChI=1S/C24H25N5O2S2/c1-12-9-15-20-14(3)24(27-29(20)7-5-18(30)22(15)32-12)31-19-6-8-28-21(17(25-4)11-26-28)16-10-13(2)33-23(16)19/h9-11,19,25H,5-8H2,1-4H3. The number of anilines is 1. The third-order valence-electron chi connectivity index (χ3n) is 6.46. The largest absolute Gasteiger partial charge is 0.467 e. The second kappa shape index (κ2) is 7.56. The summed E-state index contributed by atoms with van der Waals surface area (Å²) in [5.74, 6) is 0.859. The summed E-state index contributed by atoms with van der Waals surface area (Å²) in [6.45, 7) is 7.60. The lowest BCUT2D eigenvalue weighted by Crippen LogP contribution is -2.10. The van der Waals surface area contributed by atoms with E-state index in [0.717, 1.165) is 50.9 Å². The van der Waals surface area contributed by atoms with Crippen LogP contribution in [0.2, 0.25) is 0 Å². The number of rotatable bonds is 3. The Morgan fingerprint density at radius 3 is 2.67 bits per heavy atom. The number of hydrogen-bond acceptors (Lipinski definition) is 7. The summed E-state index contributed by atoms with van der Waals surface area (Å²) in [6, 6.07) is 4.34. The summed E-state index contributed by atoms with van der Waals surface area (Å²) >= 11 is 3.36. The van der Waals surface area contributed by atoms with Crippen molar-refractivity contribution in [2.45, 2.75) is 52.8 Å². The summed E-state index contributed by atoms with van der Waals surface area (Å²) < 4.78 is 10.7. The lowest BCUT2D eigenvalue weighted by atomic mass is 10.1. The van der Waals surface area contributed by atoms with Gasteiger partial charge >= 0.3 is 0 Å². The Morgan fingerprint density at radius 1 is 1.06 bits per heavy atom. The van der Waals surface area contributed by atoms with E-state index in [1.807, 2.05) is 17.9 Å². The number of Topliss-reactive ketones (excluding diaryl/α,β-unsaturated/α-hetero) is 1. The van der Waals surface area contributed by atoms with E-state index in [4.69, 9.17) is 9.84 Å². The van der Waals surface area contributed by atoms with Gasteiger partial charge in [-0.3, -0.25) is 14.2 Å². The van der Waals surface area contributed by atoms with Gasteiger partial charge < -0.3 is 10.1 Å². The van der Waals surface area contributed by atoms with Gasteiger partial charge in [0.15, 0.2) is 5.78 Å². The number of aromatic nitrogens is 4. The van der Waals surface area contributed by atoms with E-state index >= 15 is 0 Å². The number of carbonyl (C=O) groups is 1. The average molecular weight is 480 g/mol. The highest BCUT2D eigenvalue weighted by atomic mass is 32.1. The van der Waals surface area contributed by atoms with E-state index in [1.54, 1.807) is 22.7 Å². The van der Waals surface area contributed by atoms with Gasteiger partial charge in [-0.15, -0.1) is 27.8 Å². The molecular formula is C24H25N5O2S2. The van der Waals surface area contributed by atoms with Crippen LogP contribution in [-0.2, 0) is 13.1 Å². The van der Waals surface area contributed by atoms with E-state index in [2.05, 4.69) is 48.0 Å². The van der Waals surface area contributed by atoms with Crippen LogP contribution in [0.5, 0.6) is 5.88 Å². The topological polar surface area (TPSA) is 74.0 Å². The van der Waals surface area contributed by atoms with E-state index in [0.29, 0.717) is 18.8 Å². The van der Waals surface area contributed by atoms with Gasteiger partial charge in [-0.2, -0.15) is 5.10 Å². The van der Waals surface area contributed by atoms with E-state index < -0.39 is 0 Å². The number of ether oxygens (including phenoxy) is 1. The molecule has 170 valence electrons. The predicted octanol–water partition coefficient (Wildman–Crippen LogP) is 5.61. The molecule has 0 aliphatic carbocycles. The molecule has 7 nitrogen and oxygen atoms in total. The van der Waals surface area contributed by atoms with Crippen LogP contribution in [0.1, 0.15) is 48.8 Å². The maximum absolute atomic E-state index is 12.6. The lowest BCUT2D eigenvalue weighted by molar-refractivity contribution is 0.0981. The van der Waals surface area contributed by atoms with Crippen molar-refractivity contribution in [2.24, 2.45) is 0 Å². The van der Waals surface area contributed by atoms with Crippen molar-refractivity contribution in [3.05, 3.63) is 43.4 Å². The maximum atomic E-state index is 12.6. The van der Waals surface area contributed by atoms with Crippen LogP contribution in [0.4, 0.5) is 5.69 Å². The Hall–Kier alpha value is -2.91. The highest BCUT2D eigenvalue weighted by Crippen LogP contribution is 2.45. The van der Waals surface area contributed by atoms with E-state index in [1.165, 1.54) is 15.3 Å². The normalized spacial score (nSPS) is 17.0. The molecule has 2 aliphatic rings. The highest BCUT2D eigenvalue weighted by Gasteiger charge is 2.32. The van der Waals surface area contributed by atoms with Crippen LogP contribution in [0.25, 0.3) is 22.5 Å². The van der Waals surface area contributed by atoms with Gasteiger partial charge in [0.2, 0.25) is 5.88 Å². The van der Waals surface area contributed by atoms with Gasteiger partial charge in [-0.05, 0) is 32.9 Å². The molecule has 0 radical (unpaired) electrons. The molecule has 0 fully saturated rings. The monoisotopic (exact) mass is 479 g/mol. The zero-order valence-corrected chi connectivity index (χ0v) is 20.7. The minimum atomic E-state index is -0.103. The third kappa shape index (κ3) is 3.17. The van der Waals surface area contributed by atoms with Gasteiger partial charge in [0, 0.05) is 59.4 Å². The van der Waals surface area contributed by atoms with Crippen LogP contribution >= 0.6 is 22.7 Å². The third-order valence-corrected chi connectivity index (χ3v) is 8.69. The Bertz CT molecular complexity index is 1410. The zero-order chi connectivity index (χ0) is 22.9. The van der Waals surface area contributed by atoms with Crippen LogP contribution < -0.4 is 10.1 Å². The molecule has 2 aliphatic heterocycles. The number of ketones is 1. The number of aryl methyl sites for hydroxylation is 4. The summed E-state index contributed by atoms with van der Waals surface area (Å²) in [7, 11) is 1.93. The van der Waals surface area contributed by atoms with Crippen LogP contribution in [-0.4, -0.2) is 32.4 Å². The molecule has 1 N–H and O–H groups in total. The zero-order valence-electron chi connectivity index (χ0n) is 19.1. The Labute approximate surface area is 200 Å². The first-order valence-electron chi connectivity index (χ1n) is 11.2. The first-order chi connectivity index (χ1) is 15.9. The number of nitrogens with one attached hydrogen (secondary N) is 1. The first kappa shape index (κ1) is 20.7. The molecule has 1 unspecified atom stereocenters. The molecule has 0 spiro atoms.